The zero-order chi connectivity index (χ0) is 33.4. The van der Waals surface area contributed by atoms with Crippen LogP contribution < -0.4 is 9.64 Å². The lowest BCUT2D eigenvalue weighted by Gasteiger charge is -2.50. The monoisotopic (exact) mass is 672 g/mol. The number of fused-ring (bicyclic) bond motifs is 4. The van der Waals surface area contributed by atoms with Gasteiger partial charge in [0, 0.05) is 30.2 Å². The predicted octanol–water partition coefficient (Wildman–Crippen LogP) is 5.37. The highest BCUT2D eigenvalue weighted by Gasteiger charge is 2.76. The number of carbonyl (C=O) groups excluding carboxylic acids is 5. The smallest absolute Gasteiger partial charge is 0.253 e. The van der Waals surface area contributed by atoms with Gasteiger partial charge in [-0.15, -0.1) is 23.2 Å². The highest BCUT2D eigenvalue weighted by atomic mass is 35.5. The van der Waals surface area contributed by atoms with Crippen molar-refractivity contribution in [1.82, 2.24) is 4.90 Å². The minimum Gasteiger partial charge on any atom is -0.508 e. The van der Waals surface area contributed by atoms with Crippen molar-refractivity contribution < 1.29 is 33.8 Å². The number of rotatable bonds is 6. The Morgan fingerprint density at radius 1 is 0.936 bits per heavy atom. The Bertz CT molecular complexity index is 1890. The topological polar surface area (TPSA) is 121 Å². The Kier molecular flexibility index (Phi) is 7.33. The molecule has 11 heteroatoms. The van der Waals surface area contributed by atoms with Crippen LogP contribution in [0.25, 0.3) is 0 Å². The largest absolute Gasteiger partial charge is 0.508 e. The fourth-order valence-electron chi connectivity index (χ4n) is 7.79. The summed E-state index contributed by atoms with van der Waals surface area (Å²) in [5, 5.41) is 11.4. The van der Waals surface area contributed by atoms with Crippen LogP contribution in [0.3, 0.4) is 0 Å². The molecule has 2 aliphatic carbocycles. The van der Waals surface area contributed by atoms with Crippen LogP contribution in [0, 0.1) is 17.8 Å². The third kappa shape index (κ3) is 4.47. The number of nitrogens with zero attached hydrogens (tertiary/aromatic N) is 2. The summed E-state index contributed by atoms with van der Waals surface area (Å²) in [7, 11) is 1.31. The molecule has 4 aliphatic rings. The van der Waals surface area contributed by atoms with Gasteiger partial charge in [-0.25, -0.2) is 0 Å². The maximum atomic E-state index is 14.2. The molecule has 0 aromatic heterocycles. The maximum Gasteiger partial charge on any atom is 0.253 e. The van der Waals surface area contributed by atoms with Gasteiger partial charge < -0.3 is 9.84 Å². The van der Waals surface area contributed by atoms with Crippen LogP contribution >= 0.6 is 23.2 Å². The van der Waals surface area contributed by atoms with Crippen LogP contribution in [0.1, 0.15) is 47.2 Å². The van der Waals surface area contributed by atoms with Gasteiger partial charge >= 0.3 is 0 Å². The molecule has 0 bridgehead atoms. The molecule has 0 spiro atoms. The van der Waals surface area contributed by atoms with E-state index < -0.39 is 57.0 Å². The van der Waals surface area contributed by atoms with Crippen molar-refractivity contribution in [3.63, 3.8) is 0 Å². The molecule has 7 rings (SSSR count). The summed E-state index contributed by atoms with van der Waals surface area (Å²) in [6.45, 7) is 1.68. The molecule has 2 heterocycles. The second-order valence-electron chi connectivity index (χ2n) is 12.6. The molecule has 1 N–H and O–H groups in total. The number of alkyl halides is 2. The number of carbonyl (C=O) groups is 5. The number of amides is 4. The average Bonchev–Trinajstić information content (AvgIpc) is 3.39. The van der Waals surface area contributed by atoms with Crippen molar-refractivity contribution in [1.29, 1.82) is 0 Å². The first-order chi connectivity index (χ1) is 22.4. The number of halogens is 2. The Morgan fingerprint density at radius 3 is 2.30 bits per heavy atom. The van der Waals surface area contributed by atoms with Gasteiger partial charge in [0.15, 0.2) is 15.5 Å². The first-order valence-electron chi connectivity index (χ1n) is 15.3. The number of likely N-dealkylation sites (tertiary alicyclic amines) is 1. The zero-order valence-corrected chi connectivity index (χ0v) is 27.0. The Balaban J connectivity index is 1.29. The van der Waals surface area contributed by atoms with E-state index in [9.17, 15) is 29.1 Å². The molecule has 4 amide bonds. The summed E-state index contributed by atoms with van der Waals surface area (Å²) in [5.74, 6) is -5.75. The summed E-state index contributed by atoms with van der Waals surface area (Å²) in [6.07, 6.45) is 1.82. The third-order valence-corrected chi connectivity index (χ3v) is 11.5. The predicted molar refractivity (Wildman–Crippen MR) is 173 cm³/mol. The first kappa shape index (κ1) is 31.1. The highest BCUT2D eigenvalue weighted by Crippen LogP contribution is 2.66. The van der Waals surface area contributed by atoms with E-state index in [1.54, 1.807) is 42.5 Å². The zero-order valence-electron chi connectivity index (χ0n) is 25.5. The SMILES string of the molecule is CC(=O)c1ccc(N2C(=O)[C@H]3[C@H](CC=C4[C@H]3C[C@@]3(Cl)C(=O)N(C)C(=O)[C@@]3(Cl)[C@H]4c3ccc(OCc4ccccc4)cc3O)C2=O)cc1. The number of imide groups is 2. The standard InChI is InChI=1S/C36H30Cl2N2O7/c1-19(41)21-8-10-22(11-9-21)40-31(43)26-15-14-24-27(29(26)32(40)44)17-35(37)33(45)39(2)34(46)36(35,38)30(24)25-13-12-23(16-28(25)42)47-18-20-6-4-3-5-7-20/h3-14,16,26-27,29-30,42H,15,17-18H2,1-2H3/t26-,27+,29-,30+,35+,36-/m0/s1. The average molecular weight is 674 g/mol. The first-order valence-corrected chi connectivity index (χ1v) is 16.0. The minimum atomic E-state index is -2.02. The van der Waals surface area contributed by atoms with E-state index in [0.717, 1.165) is 15.4 Å². The molecule has 0 radical (unpaired) electrons. The Morgan fingerprint density at radius 2 is 1.64 bits per heavy atom. The van der Waals surface area contributed by atoms with Gasteiger partial charge in [0.05, 0.1) is 17.5 Å². The molecule has 1 saturated carbocycles. The number of allylic oxidation sites excluding steroid dienone is 2. The molecule has 6 atom stereocenters. The second kappa shape index (κ2) is 11.1. The van der Waals surface area contributed by atoms with Crippen molar-refractivity contribution in [3.8, 4) is 11.5 Å². The molecular weight excluding hydrogens is 643 g/mol. The number of anilines is 1. The number of Topliss-reactive ketones (excluding diaryl/α,β-unsaturated/α-hetero) is 1. The van der Waals surface area contributed by atoms with Crippen LogP contribution in [0.5, 0.6) is 11.5 Å². The minimum absolute atomic E-state index is 0.150. The lowest BCUT2D eigenvalue weighted by atomic mass is 9.56. The molecule has 2 saturated heterocycles. The van der Waals surface area contributed by atoms with Gasteiger partial charge in [0.25, 0.3) is 11.8 Å². The molecule has 3 fully saturated rings. The number of hydrogen-bond acceptors (Lipinski definition) is 7. The number of aromatic hydroxyl groups is 1. The van der Waals surface area contributed by atoms with Crippen LogP contribution in [-0.2, 0) is 25.8 Å². The highest BCUT2D eigenvalue weighted by molar-refractivity contribution is 6.53. The van der Waals surface area contributed by atoms with E-state index >= 15 is 0 Å². The Labute approximate surface area is 280 Å². The van der Waals surface area contributed by atoms with E-state index in [-0.39, 0.29) is 36.5 Å². The van der Waals surface area contributed by atoms with Gasteiger partial charge in [-0.1, -0.05) is 48.0 Å². The molecule has 0 unspecified atom stereocenters. The van der Waals surface area contributed by atoms with Crippen molar-refractivity contribution in [3.05, 3.63) is 101 Å². The van der Waals surface area contributed by atoms with E-state index in [1.807, 2.05) is 30.3 Å². The fourth-order valence-corrected chi connectivity index (χ4v) is 8.80. The summed E-state index contributed by atoms with van der Waals surface area (Å²) in [5.41, 5.74) is 2.51. The van der Waals surface area contributed by atoms with Crippen LogP contribution in [0.2, 0.25) is 0 Å². The summed E-state index contributed by atoms with van der Waals surface area (Å²) >= 11 is 14.5. The van der Waals surface area contributed by atoms with Gasteiger partial charge in [0.1, 0.15) is 18.1 Å². The summed E-state index contributed by atoms with van der Waals surface area (Å²) in [6, 6.07) is 20.4. The van der Waals surface area contributed by atoms with Gasteiger partial charge in [0.2, 0.25) is 11.8 Å². The maximum absolute atomic E-state index is 14.2. The molecule has 2 aliphatic heterocycles. The van der Waals surface area contributed by atoms with Crippen LogP contribution in [-0.4, -0.2) is 56.2 Å². The van der Waals surface area contributed by atoms with Crippen molar-refractivity contribution in [2.24, 2.45) is 17.8 Å². The number of phenols is 1. The normalized spacial score (nSPS) is 29.7. The quantitative estimate of drug-likeness (QED) is 0.162. The van der Waals surface area contributed by atoms with E-state index in [0.29, 0.717) is 22.6 Å². The van der Waals surface area contributed by atoms with Gasteiger partial charge in [-0.05, 0) is 61.6 Å². The fraction of sp³-hybridized carbons (Fsp3) is 0.306. The molecule has 47 heavy (non-hydrogen) atoms. The number of hydrogen-bond donors (Lipinski definition) is 1. The Hall–Kier alpha value is -4.47. The lowest BCUT2D eigenvalue weighted by Crippen LogP contribution is -2.60. The van der Waals surface area contributed by atoms with E-state index in [4.69, 9.17) is 27.9 Å². The van der Waals surface area contributed by atoms with Crippen LogP contribution in [0.15, 0.2) is 84.4 Å². The number of ketones is 1. The van der Waals surface area contributed by atoms with E-state index in [1.165, 1.54) is 20.0 Å². The number of benzene rings is 3. The van der Waals surface area contributed by atoms with Crippen molar-refractivity contribution in [2.45, 2.75) is 42.0 Å². The molecular formula is C36H30Cl2N2O7. The lowest BCUT2D eigenvalue weighted by molar-refractivity contribution is -0.138. The molecule has 240 valence electrons. The van der Waals surface area contributed by atoms with Gasteiger partial charge in [-0.2, -0.15) is 0 Å². The molecule has 9 nitrogen and oxygen atoms in total. The molecule has 3 aromatic carbocycles. The molecule has 3 aromatic rings. The summed E-state index contributed by atoms with van der Waals surface area (Å²) in [4.78, 5) is 65.3. The van der Waals surface area contributed by atoms with Crippen molar-refractivity contribution >= 4 is 58.3 Å². The second-order valence-corrected chi connectivity index (χ2v) is 13.8. The third-order valence-electron chi connectivity index (χ3n) is 10.1. The van der Waals surface area contributed by atoms with Gasteiger partial charge in [-0.3, -0.25) is 33.8 Å². The van der Waals surface area contributed by atoms with E-state index in [2.05, 4.69) is 0 Å². The van der Waals surface area contributed by atoms with Crippen molar-refractivity contribution in [2.75, 3.05) is 11.9 Å². The summed E-state index contributed by atoms with van der Waals surface area (Å²) < 4.78 is 5.90. The number of ether oxygens (including phenoxy) is 1. The van der Waals surface area contributed by atoms with Crippen LogP contribution in [0.4, 0.5) is 5.69 Å². The number of phenolic OH excluding ortho intramolecular Hbond substituents is 1.